The number of benzene rings is 2. The Balaban J connectivity index is 1.79. The van der Waals surface area contributed by atoms with Crippen LogP contribution in [-0.4, -0.2) is 11.9 Å². The van der Waals surface area contributed by atoms with Gasteiger partial charge in [-0.25, -0.2) is 4.79 Å². The van der Waals surface area contributed by atoms with Crippen LogP contribution < -0.4 is 15.7 Å². The van der Waals surface area contributed by atoms with Gasteiger partial charge in [0.2, 0.25) is 0 Å². The Kier molecular flexibility index (Phi) is 5.89. The molecule has 6 nitrogen and oxygen atoms in total. The van der Waals surface area contributed by atoms with Gasteiger partial charge in [0.1, 0.15) is 17.0 Å². The molecular weight excluding hydrogens is 358 g/mol. The largest absolute Gasteiger partial charge is 0.427 e. The van der Waals surface area contributed by atoms with Crippen LogP contribution in [0.3, 0.4) is 0 Å². The summed E-state index contributed by atoms with van der Waals surface area (Å²) in [6.07, 6.45) is 3.19. The van der Waals surface area contributed by atoms with Crippen molar-refractivity contribution in [3.63, 3.8) is 0 Å². The third kappa shape index (κ3) is 4.65. The maximum atomic E-state index is 12.5. The van der Waals surface area contributed by atoms with Gasteiger partial charge < -0.3 is 14.5 Å². The van der Waals surface area contributed by atoms with Gasteiger partial charge >= 0.3 is 11.6 Å². The van der Waals surface area contributed by atoms with Crippen LogP contribution in [0.4, 0.5) is 5.69 Å². The number of amides is 1. The fraction of sp³-hybridized carbons (Fsp3) is 0.227. The highest BCUT2D eigenvalue weighted by atomic mass is 16.5. The van der Waals surface area contributed by atoms with Gasteiger partial charge in [0.25, 0.3) is 5.91 Å². The van der Waals surface area contributed by atoms with Crippen LogP contribution in [0.1, 0.15) is 42.6 Å². The number of nitrogens with one attached hydrogen (secondary N) is 1. The highest BCUT2D eigenvalue weighted by Crippen LogP contribution is 2.22. The Morgan fingerprint density at radius 2 is 1.82 bits per heavy atom. The first kappa shape index (κ1) is 19.4. The summed E-state index contributed by atoms with van der Waals surface area (Å²) >= 11 is 0. The van der Waals surface area contributed by atoms with Gasteiger partial charge in [0.05, 0.1) is 0 Å². The average molecular weight is 379 g/mol. The molecule has 3 rings (SSSR count). The Hall–Kier alpha value is -3.41. The molecule has 1 aromatic heterocycles. The third-order valence-corrected chi connectivity index (χ3v) is 4.25. The molecule has 144 valence electrons. The van der Waals surface area contributed by atoms with Crippen LogP contribution in [0.15, 0.2) is 57.7 Å². The molecule has 0 saturated carbocycles. The number of hydrogen-bond acceptors (Lipinski definition) is 5. The van der Waals surface area contributed by atoms with Crippen molar-refractivity contribution in [3.05, 3.63) is 70.1 Å². The molecule has 1 amide bonds. The minimum atomic E-state index is -0.680. The van der Waals surface area contributed by atoms with Gasteiger partial charge in [-0.05, 0) is 48.7 Å². The van der Waals surface area contributed by atoms with Crippen LogP contribution in [0.2, 0.25) is 0 Å². The summed E-state index contributed by atoms with van der Waals surface area (Å²) < 4.78 is 10.2. The summed E-state index contributed by atoms with van der Waals surface area (Å²) in [6.45, 7) is 3.42. The maximum Gasteiger partial charge on any atom is 0.360 e. The number of aryl methyl sites for hydroxylation is 1. The first-order chi connectivity index (χ1) is 13.5. The number of rotatable bonds is 6. The zero-order valence-electron chi connectivity index (χ0n) is 15.8. The number of esters is 1. The van der Waals surface area contributed by atoms with Crippen molar-refractivity contribution in [2.45, 2.75) is 33.1 Å². The van der Waals surface area contributed by atoms with Crippen molar-refractivity contribution in [3.8, 4) is 5.75 Å². The normalized spacial score (nSPS) is 10.6. The second-order valence-corrected chi connectivity index (χ2v) is 6.50. The van der Waals surface area contributed by atoms with Crippen molar-refractivity contribution in [1.29, 1.82) is 0 Å². The summed E-state index contributed by atoms with van der Waals surface area (Å²) in [5.41, 5.74) is 1.27. The molecule has 0 fully saturated rings. The van der Waals surface area contributed by atoms with Crippen molar-refractivity contribution in [2.24, 2.45) is 0 Å². The number of unbranched alkanes of at least 4 members (excludes halogenated alkanes) is 1. The zero-order chi connectivity index (χ0) is 20.1. The second kappa shape index (κ2) is 8.52. The van der Waals surface area contributed by atoms with Gasteiger partial charge in [0, 0.05) is 23.9 Å². The Labute approximate surface area is 162 Å². The highest BCUT2D eigenvalue weighted by molar-refractivity contribution is 6.04. The van der Waals surface area contributed by atoms with Crippen LogP contribution in [0.25, 0.3) is 11.0 Å². The van der Waals surface area contributed by atoms with Crippen molar-refractivity contribution >= 4 is 28.5 Å². The molecule has 0 bridgehead atoms. The molecule has 6 heteroatoms. The molecule has 0 aliphatic heterocycles. The lowest BCUT2D eigenvalue weighted by Gasteiger charge is -2.07. The topological polar surface area (TPSA) is 85.6 Å². The fourth-order valence-corrected chi connectivity index (χ4v) is 2.81. The maximum absolute atomic E-state index is 12.5. The van der Waals surface area contributed by atoms with Crippen LogP contribution >= 0.6 is 0 Å². The predicted octanol–water partition coefficient (Wildman–Crippen LogP) is 4.31. The van der Waals surface area contributed by atoms with E-state index < -0.39 is 11.6 Å². The molecule has 0 aliphatic rings. The molecule has 2 aromatic carbocycles. The first-order valence-electron chi connectivity index (χ1n) is 9.13. The average Bonchev–Trinajstić information content (AvgIpc) is 2.67. The van der Waals surface area contributed by atoms with Gasteiger partial charge in [-0.1, -0.05) is 25.5 Å². The number of hydrogen-bond donors (Lipinski definition) is 1. The number of fused-ring (bicyclic) bond motifs is 1. The zero-order valence-corrected chi connectivity index (χ0v) is 15.8. The van der Waals surface area contributed by atoms with Crippen LogP contribution in [0.5, 0.6) is 5.75 Å². The summed E-state index contributed by atoms with van der Waals surface area (Å²) in [5.74, 6) is -0.570. The van der Waals surface area contributed by atoms with Gasteiger partial charge in [0.15, 0.2) is 0 Å². The van der Waals surface area contributed by atoms with Crippen LogP contribution in [0, 0.1) is 0 Å². The van der Waals surface area contributed by atoms with Gasteiger partial charge in [-0.2, -0.15) is 0 Å². The van der Waals surface area contributed by atoms with E-state index in [0.717, 1.165) is 19.3 Å². The Morgan fingerprint density at radius 1 is 1.07 bits per heavy atom. The molecule has 0 atom stereocenters. The molecule has 1 N–H and O–H groups in total. The number of carbonyl (C=O) groups excluding carboxylic acids is 2. The van der Waals surface area contributed by atoms with E-state index in [-0.39, 0.29) is 22.9 Å². The van der Waals surface area contributed by atoms with Crippen LogP contribution in [-0.2, 0) is 11.2 Å². The molecule has 3 aromatic rings. The standard InChI is InChI=1S/C22H21NO5/c1-3-4-5-15-6-8-16(9-7-15)21(25)23-19-12-17-10-11-18(27-14(2)24)13-20(17)28-22(19)26/h6-13H,3-5H2,1-2H3,(H,23,25). The fourth-order valence-electron chi connectivity index (χ4n) is 2.81. The molecule has 0 unspecified atom stereocenters. The summed E-state index contributed by atoms with van der Waals surface area (Å²) in [6, 6.07) is 13.6. The number of ether oxygens (including phenoxy) is 1. The number of carbonyl (C=O) groups is 2. The molecular formula is C22H21NO5. The molecule has 0 saturated heterocycles. The lowest BCUT2D eigenvalue weighted by Crippen LogP contribution is -2.17. The smallest absolute Gasteiger partial charge is 0.360 e. The predicted molar refractivity (Wildman–Crippen MR) is 107 cm³/mol. The monoisotopic (exact) mass is 379 g/mol. The third-order valence-electron chi connectivity index (χ3n) is 4.25. The Morgan fingerprint density at radius 3 is 2.50 bits per heavy atom. The minimum absolute atomic E-state index is 0.0489. The van der Waals surface area contributed by atoms with E-state index in [2.05, 4.69) is 12.2 Å². The highest BCUT2D eigenvalue weighted by Gasteiger charge is 2.12. The molecule has 0 spiro atoms. The molecule has 1 heterocycles. The quantitative estimate of drug-likeness (QED) is 0.392. The molecule has 0 radical (unpaired) electrons. The summed E-state index contributed by atoms with van der Waals surface area (Å²) in [7, 11) is 0. The number of anilines is 1. The summed E-state index contributed by atoms with van der Waals surface area (Å²) in [4.78, 5) is 35.7. The van der Waals surface area contributed by atoms with E-state index in [9.17, 15) is 14.4 Å². The minimum Gasteiger partial charge on any atom is -0.427 e. The van der Waals surface area contributed by atoms with Crippen molar-refractivity contribution in [1.82, 2.24) is 0 Å². The molecule has 0 aliphatic carbocycles. The van der Waals surface area contributed by atoms with E-state index in [0.29, 0.717) is 10.9 Å². The first-order valence-corrected chi connectivity index (χ1v) is 9.13. The van der Waals surface area contributed by atoms with Crippen molar-refractivity contribution in [2.75, 3.05) is 5.32 Å². The SMILES string of the molecule is CCCCc1ccc(C(=O)Nc2cc3ccc(OC(C)=O)cc3oc2=O)cc1. The van der Waals surface area contributed by atoms with E-state index >= 15 is 0 Å². The van der Waals surface area contributed by atoms with E-state index in [1.54, 1.807) is 24.3 Å². The molecule has 28 heavy (non-hydrogen) atoms. The van der Waals surface area contributed by atoms with E-state index in [4.69, 9.17) is 9.15 Å². The van der Waals surface area contributed by atoms with Crippen molar-refractivity contribution < 1.29 is 18.7 Å². The lowest BCUT2D eigenvalue weighted by atomic mass is 10.1. The Bertz CT molecular complexity index is 1070. The summed E-state index contributed by atoms with van der Waals surface area (Å²) in [5, 5.41) is 3.20. The lowest BCUT2D eigenvalue weighted by molar-refractivity contribution is -0.131. The van der Waals surface area contributed by atoms with E-state index in [1.807, 2.05) is 12.1 Å². The van der Waals surface area contributed by atoms with Gasteiger partial charge in [-0.15, -0.1) is 0 Å². The second-order valence-electron chi connectivity index (χ2n) is 6.50. The van der Waals surface area contributed by atoms with E-state index in [1.165, 1.54) is 24.6 Å². The van der Waals surface area contributed by atoms with Gasteiger partial charge in [-0.3, -0.25) is 9.59 Å².